The third-order valence-corrected chi connectivity index (χ3v) is 3.19. The zero-order chi connectivity index (χ0) is 11.2. The molecule has 0 spiro atoms. The van der Waals surface area contributed by atoms with Gasteiger partial charge in [0.25, 0.3) is 0 Å². The second-order valence-corrected chi connectivity index (χ2v) is 4.24. The van der Waals surface area contributed by atoms with E-state index in [0.717, 1.165) is 21.9 Å². The van der Waals surface area contributed by atoms with Crippen molar-refractivity contribution in [2.45, 2.75) is 27.7 Å². The van der Waals surface area contributed by atoms with Crippen LogP contribution in [0.1, 0.15) is 22.3 Å². The summed E-state index contributed by atoms with van der Waals surface area (Å²) >= 11 is 0. The van der Waals surface area contributed by atoms with Crippen molar-refractivity contribution in [3.63, 3.8) is 0 Å². The molecule has 0 aliphatic heterocycles. The number of rotatable bonds is 0. The van der Waals surface area contributed by atoms with Crippen molar-refractivity contribution in [3.05, 3.63) is 46.3 Å². The zero-order valence-electron chi connectivity index (χ0n) is 9.61. The van der Waals surface area contributed by atoms with Gasteiger partial charge in [-0.1, -0.05) is 12.1 Å². The van der Waals surface area contributed by atoms with Crippen LogP contribution in [0.4, 0.5) is 4.39 Å². The van der Waals surface area contributed by atoms with Gasteiger partial charge in [0.05, 0.1) is 0 Å². The maximum Gasteiger partial charge on any atom is 0.129 e. The summed E-state index contributed by atoms with van der Waals surface area (Å²) in [5.41, 5.74) is 3.90. The molecule has 0 N–H and O–H groups in total. The summed E-state index contributed by atoms with van der Waals surface area (Å²) in [6, 6.07) is 6.08. The van der Waals surface area contributed by atoms with Gasteiger partial charge >= 0.3 is 0 Å². The highest BCUT2D eigenvalue weighted by molar-refractivity contribution is 5.90. The molecule has 0 bridgehead atoms. The predicted molar refractivity (Wildman–Crippen MR) is 62.9 cm³/mol. The molecular formula is C14H15F. The lowest BCUT2D eigenvalue weighted by atomic mass is 9.95. The Morgan fingerprint density at radius 3 is 2.20 bits per heavy atom. The average molecular weight is 202 g/mol. The van der Waals surface area contributed by atoms with E-state index in [1.54, 1.807) is 0 Å². The molecule has 0 unspecified atom stereocenters. The molecular weight excluding hydrogens is 187 g/mol. The van der Waals surface area contributed by atoms with Crippen LogP contribution in [-0.2, 0) is 0 Å². The molecule has 2 rings (SSSR count). The van der Waals surface area contributed by atoms with E-state index in [1.807, 2.05) is 19.9 Å². The number of hydrogen-bond donors (Lipinski definition) is 0. The normalized spacial score (nSPS) is 11.0. The Kier molecular flexibility index (Phi) is 2.26. The van der Waals surface area contributed by atoms with Gasteiger partial charge in [-0.3, -0.25) is 0 Å². The summed E-state index contributed by atoms with van der Waals surface area (Å²) in [4.78, 5) is 0. The molecule has 2 aromatic rings. The van der Waals surface area contributed by atoms with E-state index >= 15 is 0 Å². The fraction of sp³-hybridized carbons (Fsp3) is 0.286. The topological polar surface area (TPSA) is 0 Å². The molecule has 0 aliphatic carbocycles. The highest BCUT2D eigenvalue weighted by Gasteiger charge is 2.09. The summed E-state index contributed by atoms with van der Waals surface area (Å²) in [5.74, 6) is -0.0730. The zero-order valence-corrected chi connectivity index (χ0v) is 9.61. The number of fused-ring (bicyclic) bond motifs is 1. The quantitative estimate of drug-likeness (QED) is 0.600. The first-order chi connectivity index (χ1) is 7.02. The smallest absolute Gasteiger partial charge is 0.129 e. The van der Waals surface area contributed by atoms with Gasteiger partial charge in [0.2, 0.25) is 0 Å². The van der Waals surface area contributed by atoms with E-state index in [-0.39, 0.29) is 5.82 Å². The Morgan fingerprint density at radius 1 is 0.867 bits per heavy atom. The lowest BCUT2D eigenvalue weighted by Crippen LogP contribution is -1.93. The van der Waals surface area contributed by atoms with Crippen LogP contribution in [-0.4, -0.2) is 0 Å². The maximum atomic E-state index is 13.8. The molecule has 0 heterocycles. The van der Waals surface area contributed by atoms with Gasteiger partial charge in [0.1, 0.15) is 5.82 Å². The fourth-order valence-electron chi connectivity index (χ4n) is 2.16. The van der Waals surface area contributed by atoms with Crippen LogP contribution in [0.3, 0.4) is 0 Å². The number of hydrogen-bond acceptors (Lipinski definition) is 0. The monoisotopic (exact) mass is 202 g/mol. The van der Waals surface area contributed by atoms with Crippen molar-refractivity contribution in [3.8, 4) is 0 Å². The summed E-state index contributed by atoms with van der Waals surface area (Å²) in [6.45, 7) is 7.79. The Labute approximate surface area is 89.7 Å². The van der Waals surface area contributed by atoms with Crippen LogP contribution in [0.25, 0.3) is 10.8 Å². The molecule has 0 amide bonds. The second kappa shape index (κ2) is 3.34. The summed E-state index contributed by atoms with van der Waals surface area (Å²) < 4.78 is 13.8. The minimum Gasteiger partial charge on any atom is -0.206 e. The number of aryl methyl sites for hydroxylation is 4. The number of benzene rings is 2. The van der Waals surface area contributed by atoms with E-state index in [2.05, 4.69) is 26.0 Å². The summed E-state index contributed by atoms with van der Waals surface area (Å²) in [7, 11) is 0. The Hall–Kier alpha value is -1.37. The van der Waals surface area contributed by atoms with Gasteiger partial charge in [-0.2, -0.15) is 0 Å². The predicted octanol–water partition coefficient (Wildman–Crippen LogP) is 4.21. The maximum absolute atomic E-state index is 13.8. The molecule has 15 heavy (non-hydrogen) atoms. The third-order valence-electron chi connectivity index (χ3n) is 3.19. The molecule has 0 atom stereocenters. The van der Waals surface area contributed by atoms with Gasteiger partial charge < -0.3 is 0 Å². The Morgan fingerprint density at radius 2 is 1.53 bits per heavy atom. The fourth-order valence-corrected chi connectivity index (χ4v) is 2.16. The van der Waals surface area contributed by atoms with Crippen LogP contribution in [0.5, 0.6) is 0 Å². The van der Waals surface area contributed by atoms with Crippen LogP contribution in [0, 0.1) is 33.5 Å². The van der Waals surface area contributed by atoms with Gasteiger partial charge in [-0.15, -0.1) is 0 Å². The molecule has 0 saturated heterocycles. The lowest BCUT2D eigenvalue weighted by Gasteiger charge is -2.11. The largest absolute Gasteiger partial charge is 0.206 e. The third kappa shape index (κ3) is 1.43. The highest BCUT2D eigenvalue weighted by atomic mass is 19.1. The SMILES string of the molecule is Cc1cc2ccc(C)c(C)c2c(C)c1F. The second-order valence-electron chi connectivity index (χ2n) is 4.24. The van der Waals surface area contributed by atoms with E-state index in [9.17, 15) is 4.39 Å². The van der Waals surface area contributed by atoms with Gasteiger partial charge in [-0.05, 0) is 66.8 Å². The molecule has 78 valence electrons. The lowest BCUT2D eigenvalue weighted by molar-refractivity contribution is 0.612. The van der Waals surface area contributed by atoms with Crippen LogP contribution < -0.4 is 0 Å². The number of halogens is 1. The van der Waals surface area contributed by atoms with E-state index in [0.29, 0.717) is 0 Å². The molecule has 0 aliphatic rings. The van der Waals surface area contributed by atoms with Crippen molar-refractivity contribution >= 4 is 10.8 Å². The van der Waals surface area contributed by atoms with Crippen molar-refractivity contribution < 1.29 is 4.39 Å². The molecule has 1 heteroatoms. The summed E-state index contributed by atoms with van der Waals surface area (Å²) in [5, 5.41) is 2.20. The molecule has 2 aromatic carbocycles. The molecule has 0 aromatic heterocycles. The average Bonchev–Trinajstić information content (AvgIpc) is 2.20. The van der Waals surface area contributed by atoms with Gasteiger partial charge in [-0.25, -0.2) is 4.39 Å². The van der Waals surface area contributed by atoms with Crippen molar-refractivity contribution in [1.82, 2.24) is 0 Å². The Balaban J connectivity index is 3.00. The van der Waals surface area contributed by atoms with Gasteiger partial charge in [0, 0.05) is 0 Å². The molecule has 0 nitrogen and oxygen atoms in total. The first-order valence-corrected chi connectivity index (χ1v) is 5.18. The summed E-state index contributed by atoms with van der Waals surface area (Å²) in [6.07, 6.45) is 0. The van der Waals surface area contributed by atoms with Crippen LogP contribution in [0.15, 0.2) is 18.2 Å². The van der Waals surface area contributed by atoms with E-state index < -0.39 is 0 Å². The minimum atomic E-state index is -0.0730. The molecule has 0 fully saturated rings. The van der Waals surface area contributed by atoms with Crippen molar-refractivity contribution in [2.75, 3.05) is 0 Å². The molecule has 0 radical (unpaired) electrons. The van der Waals surface area contributed by atoms with Crippen molar-refractivity contribution in [2.24, 2.45) is 0 Å². The Bertz CT molecular complexity index is 539. The molecule has 0 saturated carbocycles. The van der Waals surface area contributed by atoms with Crippen LogP contribution in [0.2, 0.25) is 0 Å². The first kappa shape index (κ1) is 10.2. The minimum absolute atomic E-state index is 0.0730. The van der Waals surface area contributed by atoms with Gasteiger partial charge in [0.15, 0.2) is 0 Å². The highest BCUT2D eigenvalue weighted by Crippen LogP contribution is 2.28. The van der Waals surface area contributed by atoms with E-state index in [4.69, 9.17) is 0 Å². The van der Waals surface area contributed by atoms with Crippen molar-refractivity contribution in [1.29, 1.82) is 0 Å². The van der Waals surface area contributed by atoms with Crippen LogP contribution >= 0.6 is 0 Å². The first-order valence-electron chi connectivity index (χ1n) is 5.18. The standard InChI is InChI=1S/C14H15F/c1-8-5-6-12-7-9(2)14(15)11(4)13(12)10(8)3/h5-7H,1-4H3. The van der Waals surface area contributed by atoms with E-state index in [1.165, 1.54) is 11.1 Å².